The highest BCUT2D eigenvalue weighted by atomic mass is 16.3. The van der Waals surface area contributed by atoms with Crippen LogP contribution in [-0.4, -0.2) is 44.8 Å². The number of hydrogen-bond acceptors (Lipinski definition) is 3. The smallest absolute Gasteiger partial charge is 0.318 e. The Bertz CT molecular complexity index is 656. The molecule has 122 valence electrons. The lowest BCUT2D eigenvalue weighted by molar-refractivity contribution is 0.155. The molecule has 1 aliphatic rings. The number of benzene rings is 1. The van der Waals surface area contributed by atoms with Crippen LogP contribution in [0.25, 0.3) is 5.69 Å². The molecule has 1 aromatic heterocycles. The molecule has 1 saturated heterocycles. The Morgan fingerprint density at radius 2 is 2.39 bits per heavy atom. The van der Waals surface area contributed by atoms with Crippen LogP contribution in [0.4, 0.5) is 4.79 Å². The average Bonchev–Trinajstić information content (AvgIpc) is 3.26. The number of amides is 2. The second-order valence-electron chi connectivity index (χ2n) is 5.91. The third-order valence-corrected chi connectivity index (χ3v) is 4.36. The quantitative estimate of drug-likeness (QED) is 0.908. The van der Waals surface area contributed by atoms with E-state index in [1.165, 1.54) is 0 Å². The van der Waals surface area contributed by atoms with Gasteiger partial charge >= 0.3 is 6.03 Å². The monoisotopic (exact) mass is 314 g/mol. The van der Waals surface area contributed by atoms with Gasteiger partial charge in [0.05, 0.1) is 25.0 Å². The average molecular weight is 314 g/mol. The Morgan fingerprint density at radius 1 is 1.52 bits per heavy atom. The van der Waals surface area contributed by atoms with Crippen molar-refractivity contribution >= 4 is 6.03 Å². The lowest BCUT2D eigenvalue weighted by atomic mass is 10.1. The van der Waals surface area contributed by atoms with Gasteiger partial charge in [-0.3, -0.25) is 0 Å². The van der Waals surface area contributed by atoms with E-state index < -0.39 is 0 Å². The van der Waals surface area contributed by atoms with Gasteiger partial charge in [-0.2, -0.15) is 0 Å². The SMILES string of the molecule is CC(NC(=O)N1CCC[C@H]1CO)c1cccc(-n2ccnc2)c1. The van der Waals surface area contributed by atoms with E-state index in [4.69, 9.17) is 0 Å². The number of hydrogen-bond donors (Lipinski definition) is 2. The van der Waals surface area contributed by atoms with E-state index in [0.717, 1.165) is 24.1 Å². The van der Waals surface area contributed by atoms with Crippen LogP contribution in [0.15, 0.2) is 43.0 Å². The molecular formula is C17H22N4O2. The van der Waals surface area contributed by atoms with Gasteiger partial charge in [-0.05, 0) is 37.5 Å². The summed E-state index contributed by atoms with van der Waals surface area (Å²) in [5.74, 6) is 0. The van der Waals surface area contributed by atoms with Crippen LogP contribution in [-0.2, 0) is 0 Å². The molecule has 1 aliphatic heterocycles. The van der Waals surface area contributed by atoms with Gasteiger partial charge in [0.15, 0.2) is 0 Å². The summed E-state index contributed by atoms with van der Waals surface area (Å²) < 4.78 is 1.93. The summed E-state index contributed by atoms with van der Waals surface area (Å²) in [5.41, 5.74) is 2.04. The van der Waals surface area contributed by atoms with Crippen LogP contribution in [0, 0.1) is 0 Å². The minimum atomic E-state index is -0.109. The predicted octanol–water partition coefficient (Wildman–Crippen LogP) is 2.10. The Morgan fingerprint density at radius 3 is 3.13 bits per heavy atom. The van der Waals surface area contributed by atoms with Gasteiger partial charge < -0.3 is 19.9 Å². The number of aliphatic hydroxyl groups is 1. The molecule has 0 spiro atoms. The van der Waals surface area contributed by atoms with Crippen LogP contribution >= 0.6 is 0 Å². The first-order chi connectivity index (χ1) is 11.2. The lowest BCUT2D eigenvalue weighted by Crippen LogP contribution is -2.44. The van der Waals surface area contributed by atoms with E-state index in [1.807, 2.05) is 42.0 Å². The Kier molecular flexibility index (Phi) is 4.62. The van der Waals surface area contributed by atoms with E-state index in [0.29, 0.717) is 6.54 Å². The lowest BCUT2D eigenvalue weighted by Gasteiger charge is -2.26. The first-order valence-corrected chi connectivity index (χ1v) is 7.95. The summed E-state index contributed by atoms with van der Waals surface area (Å²) in [6.45, 7) is 2.70. The maximum absolute atomic E-state index is 12.4. The zero-order valence-electron chi connectivity index (χ0n) is 13.2. The van der Waals surface area contributed by atoms with Crippen LogP contribution in [0.1, 0.15) is 31.4 Å². The molecule has 0 radical (unpaired) electrons. The normalized spacial score (nSPS) is 18.9. The predicted molar refractivity (Wildman–Crippen MR) is 87.3 cm³/mol. The molecule has 2 N–H and O–H groups in total. The molecule has 6 heteroatoms. The van der Waals surface area contributed by atoms with E-state index >= 15 is 0 Å². The first-order valence-electron chi connectivity index (χ1n) is 7.95. The molecule has 1 fully saturated rings. The molecule has 0 bridgehead atoms. The number of carbonyl (C=O) groups is 1. The van der Waals surface area contributed by atoms with E-state index in [2.05, 4.69) is 10.3 Å². The zero-order chi connectivity index (χ0) is 16.2. The van der Waals surface area contributed by atoms with Crippen molar-refractivity contribution in [3.8, 4) is 5.69 Å². The number of imidazole rings is 1. The van der Waals surface area contributed by atoms with Gasteiger partial charge in [0.25, 0.3) is 0 Å². The number of urea groups is 1. The van der Waals surface area contributed by atoms with Crippen molar-refractivity contribution in [3.63, 3.8) is 0 Å². The third kappa shape index (κ3) is 3.37. The number of aromatic nitrogens is 2. The fourth-order valence-electron chi connectivity index (χ4n) is 3.01. The second-order valence-corrected chi connectivity index (χ2v) is 5.91. The molecule has 3 rings (SSSR count). The molecule has 23 heavy (non-hydrogen) atoms. The molecule has 1 unspecified atom stereocenters. The Balaban J connectivity index is 1.70. The number of carbonyl (C=O) groups excluding carboxylic acids is 1. The number of nitrogens with one attached hydrogen (secondary N) is 1. The summed E-state index contributed by atoms with van der Waals surface area (Å²) in [7, 11) is 0. The molecular weight excluding hydrogens is 292 g/mol. The molecule has 2 heterocycles. The van der Waals surface area contributed by atoms with Gasteiger partial charge in [0.2, 0.25) is 0 Å². The van der Waals surface area contributed by atoms with Crippen LogP contribution in [0.5, 0.6) is 0 Å². The minimum Gasteiger partial charge on any atom is -0.394 e. The van der Waals surface area contributed by atoms with E-state index in [-0.39, 0.29) is 24.7 Å². The van der Waals surface area contributed by atoms with Crippen molar-refractivity contribution in [1.82, 2.24) is 19.8 Å². The number of likely N-dealkylation sites (tertiary alicyclic amines) is 1. The number of rotatable bonds is 4. The summed E-state index contributed by atoms with van der Waals surface area (Å²) >= 11 is 0. The molecule has 2 amide bonds. The van der Waals surface area contributed by atoms with Crippen molar-refractivity contribution in [1.29, 1.82) is 0 Å². The largest absolute Gasteiger partial charge is 0.394 e. The van der Waals surface area contributed by atoms with Gasteiger partial charge in [-0.25, -0.2) is 9.78 Å². The fraction of sp³-hybridized carbons (Fsp3) is 0.412. The Hall–Kier alpha value is -2.34. The summed E-state index contributed by atoms with van der Waals surface area (Å²) in [5, 5.41) is 12.4. The van der Waals surface area contributed by atoms with Crippen molar-refractivity contribution in [3.05, 3.63) is 48.5 Å². The van der Waals surface area contributed by atoms with Crippen LogP contribution in [0.3, 0.4) is 0 Å². The van der Waals surface area contributed by atoms with Gasteiger partial charge in [0.1, 0.15) is 0 Å². The molecule has 0 aliphatic carbocycles. The number of aliphatic hydroxyl groups excluding tert-OH is 1. The van der Waals surface area contributed by atoms with E-state index in [1.54, 1.807) is 17.4 Å². The molecule has 2 aromatic rings. The zero-order valence-corrected chi connectivity index (χ0v) is 13.2. The van der Waals surface area contributed by atoms with Gasteiger partial charge in [-0.1, -0.05) is 12.1 Å². The van der Waals surface area contributed by atoms with Crippen LogP contribution in [0.2, 0.25) is 0 Å². The van der Waals surface area contributed by atoms with Crippen molar-refractivity contribution < 1.29 is 9.90 Å². The maximum Gasteiger partial charge on any atom is 0.318 e. The molecule has 0 saturated carbocycles. The fourth-order valence-corrected chi connectivity index (χ4v) is 3.01. The van der Waals surface area contributed by atoms with Crippen LogP contribution < -0.4 is 5.32 Å². The van der Waals surface area contributed by atoms with Gasteiger partial charge in [0, 0.05) is 24.6 Å². The molecule has 2 atom stereocenters. The highest BCUT2D eigenvalue weighted by Crippen LogP contribution is 2.20. The summed E-state index contributed by atoms with van der Waals surface area (Å²) in [6.07, 6.45) is 7.19. The highest BCUT2D eigenvalue weighted by Gasteiger charge is 2.28. The molecule has 6 nitrogen and oxygen atoms in total. The third-order valence-electron chi connectivity index (χ3n) is 4.36. The van der Waals surface area contributed by atoms with Crippen molar-refractivity contribution in [2.24, 2.45) is 0 Å². The first kappa shape index (κ1) is 15.6. The highest BCUT2D eigenvalue weighted by molar-refractivity contribution is 5.75. The van der Waals surface area contributed by atoms with Crippen molar-refractivity contribution in [2.45, 2.75) is 31.8 Å². The maximum atomic E-state index is 12.4. The minimum absolute atomic E-state index is 0.0257. The summed E-state index contributed by atoms with van der Waals surface area (Å²) in [6, 6.07) is 7.74. The van der Waals surface area contributed by atoms with Gasteiger partial charge in [-0.15, -0.1) is 0 Å². The topological polar surface area (TPSA) is 70.4 Å². The second kappa shape index (κ2) is 6.83. The molecule has 1 aromatic carbocycles. The number of nitrogens with zero attached hydrogens (tertiary/aromatic N) is 3. The summed E-state index contributed by atoms with van der Waals surface area (Å²) in [4.78, 5) is 18.2. The Labute approximate surface area is 135 Å². The standard InChI is InChI=1S/C17H22N4O2/c1-13(19-17(23)21-8-3-6-16(21)11-22)14-4-2-5-15(10-14)20-9-7-18-12-20/h2,4-5,7,9-10,12-13,16,22H,3,6,8,11H2,1H3,(H,19,23)/t13?,16-/m0/s1. The van der Waals surface area contributed by atoms with E-state index in [9.17, 15) is 9.90 Å². The van der Waals surface area contributed by atoms with Crippen molar-refractivity contribution in [2.75, 3.05) is 13.2 Å².